The molecule has 2 aliphatic heterocycles. The topological polar surface area (TPSA) is 84.9 Å². The van der Waals surface area contributed by atoms with E-state index in [0.717, 1.165) is 32.2 Å². The summed E-state index contributed by atoms with van der Waals surface area (Å²) >= 11 is 0. The van der Waals surface area contributed by atoms with Crippen molar-refractivity contribution in [2.24, 2.45) is 0 Å². The summed E-state index contributed by atoms with van der Waals surface area (Å²) in [4.78, 5) is -1.52. The van der Waals surface area contributed by atoms with Gasteiger partial charge in [0, 0.05) is 6.26 Å². The number of sulfone groups is 1. The molecule has 1 saturated heterocycles. The smallest absolute Gasteiger partial charge is 0.490 e. The fraction of sp³-hybridized carbons (Fsp3) is 0.571. The molecule has 0 amide bonds. The van der Waals surface area contributed by atoms with E-state index in [0.29, 0.717) is 16.8 Å². The highest BCUT2D eigenvalue weighted by Crippen LogP contribution is 2.36. The van der Waals surface area contributed by atoms with Crippen LogP contribution in [0.3, 0.4) is 0 Å². The van der Waals surface area contributed by atoms with Gasteiger partial charge in [0.15, 0.2) is 14.8 Å². The molecule has 1 aromatic rings. The summed E-state index contributed by atoms with van der Waals surface area (Å²) in [6, 6.07) is 5.09. The highest BCUT2D eigenvalue weighted by atomic mass is 32.2. The first-order valence-corrected chi connectivity index (χ1v) is 9.28. The van der Waals surface area contributed by atoms with Crippen molar-refractivity contribution in [2.45, 2.75) is 30.8 Å². The minimum Gasteiger partial charge on any atom is -0.490 e. The van der Waals surface area contributed by atoms with Gasteiger partial charge in [-0.05, 0) is 56.0 Å². The molecule has 3 rings (SSSR count). The third-order valence-corrected chi connectivity index (χ3v) is 6.14. The van der Waals surface area contributed by atoms with E-state index in [2.05, 4.69) is 5.32 Å². The van der Waals surface area contributed by atoms with E-state index in [-0.39, 0.29) is 6.10 Å². The maximum absolute atomic E-state index is 12.0. The van der Waals surface area contributed by atoms with E-state index in [9.17, 15) is 13.4 Å². The highest BCUT2D eigenvalue weighted by Gasteiger charge is 2.50. The van der Waals surface area contributed by atoms with Crippen molar-refractivity contribution in [3.05, 3.63) is 23.8 Å². The lowest BCUT2D eigenvalue weighted by atomic mass is 9.79. The molecule has 120 valence electrons. The van der Waals surface area contributed by atoms with E-state index in [1.54, 1.807) is 18.2 Å². The SMILES string of the molecule is CC1(S(C)(=O)=O)OB(O)c2cc(OC3CCNCC3)ccc21. The van der Waals surface area contributed by atoms with Crippen LogP contribution in [0.4, 0.5) is 0 Å². The van der Waals surface area contributed by atoms with Gasteiger partial charge in [0.05, 0.1) is 0 Å². The van der Waals surface area contributed by atoms with Crippen LogP contribution in [-0.4, -0.2) is 46.0 Å². The molecule has 2 N–H and O–H groups in total. The van der Waals surface area contributed by atoms with Crippen molar-refractivity contribution >= 4 is 22.4 Å². The first-order chi connectivity index (χ1) is 10.3. The number of fused-ring (bicyclic) bond motifs is 1. The maximum atomic E-state index is 12.0. The molecule has 6 nitrogen and oxygen atoms in total. The Morgan fingerprint density at radius 3 is 2.73 bits per heavy atom. The van der Waals surface area contributed by atoms with Gasteiger partial charge in [0.2, 0.25) is 0 Å². The number of ether oxygens (including phenoxy) is 1. The Morgan fingerprint density at radius 1 is 1.41 bits per heavy atom. The minimum atomic E-state index is -3.52. The van der Waals surface area contributed by atoms with E-state index < -0.39 is 21.9 Å². The van der Waals surface area contributed by atoms with Crippen LogP contribution in [0.15, 0.2) is 18.2 Å². The van der Waals surface area contributed by atoms with Gasteiger partial charge in [-0.15, -0.1) is 0 Å². The Kier molecular flexibility index (Phi) is 3.97. The van der Waals surface area contributed by atoms with E-state index >= 15 is 0 Å². The zero-order valence-corrected chi connectivity index (χ0v) is 13.5. The van der Waals surface area contributed by atoms with Gasteiger partial charge in [0.1, 0.15) is 11.9 Å². The molecule has 1 unspecified atom stereocenters. The van der Waals surface area contributed by atoms with Crippen molar-refractivity contribution in [2.75, 3.05) is 19.3 Å². The first-order valence-electron chi connectivity index (χ1n) is 7.38. The van der Waals surface area contributed by atoms with Gasteiger partial charge in [-0.25, -0.2) is 8.42 Å². The molecule has 2 heterocycles. The monoisotopic (exact) mass is 325 g/mol. The van der Waals surface area contributed by atoms with Crippen molar-refractivity contribution in [1.82, 2.24) is 5.32 Å². The minimum absolute atomic E-state index is 0.139. The van der Waals surface area contributed by atoms with Crippen LogP contribution in [0.5, 0.6) is 5.75 Å². The maximum Gasteiger partial charge on any atom is 0.493 e. The molecule has 0 aliphatic carbocycles. The predicted octanol–water partition coefficient (Wildman–Crippen LogP) is -0.248. The Labute approximate surface area is 130 Å². The molecule has 22 heavy (non-hydrogen) atoms. The lowest BCUT2D eigenvalue weighted by molar-refractivity contribution is 0.161. The predicted molar refractivity (Wildman–Crippen MR) is 83.8 cm³/mol. The van der Waals surface area contributed by atoms with Gasteiger partial charge >= 0.3 is 7.12 Å². The fourth-order valence-corrected chi connectivity index (χ4v) is 3.82. The van der Waals surface area contributed by atoms with E-state index in [4.69, 9.17) is 9.39 Å². The van der Waals surface area contributed by atoms with E-state index in [1.807, 2.05) is 0 Å². The van der Waals surface area contributed by atoms with E-state index in [1.165, 1.54) is 6.92 Å². The highest BCUT2D eigenvalue weighted by molar-refractivity contribution is 7.91. The second kappa shape index (κ2) is 5.52. The van der Waals surface area contributed by atoms with Crippen molar-refractivity contribution < 1.29 is 22.8 Å². The summed E-state index contributed by atoms with van der Waals surface area (Å²) in [5, 5.41) is 13.3. The van der Waals surface area contributed by atoms with Crippen LogP contribution in [0.2, 0.25) is 0 Å². The van der Waals surface area contributed by atoms with Crippen molar-refractivity contribution in [1.29, 1.82) is 0 Å². The molecule has 1 fully saturated rings. The zero-order valence-electron chi connectivity index (χ0n) is 12.7. The lowest BCUT2D eigenvalue weighted by Gasteiger charge is -2.25. The van der Waals surface area contributed by atoms with Crippen LogP contribution in [0.1, 0.15) is 25.3 Å². The summed E-state index contributed by atoms with van der Waals surface area (Å²) < 4.78 is 35.2. The van der Waals surface area contributed by atoms with Crippen molar-refractivity contribution in [3.63, 3.8) is 0 Å². The number of nitrogens with one attached hydrogen (secondary N) is 1. The fourth-order valence-electron chi connectivity index (χ4n) is 2.96. The Morgan fingerprint density at radius 2 is 2.09 bits per heavy atom. The number of benzene rings is 1. The number of hydrogen-bond donors (Lipinski definition) is 2. The molecule has 0 aromatic heterocycles. The lowest BCUT2D eigenvalue weighted by Crippen LogP contribution is -2.34. The molecule has 0 bridgehead atoms. The Bertz CT molecular complexity index is 674. The van der Waals surface area contributed by atoms with Gasteiger partial charge in [0.25, 0.3) is 0 Å². The first kappa shape index (κ1) is 15.8. The largest absolute Gasteiger partial charge is 0.493 e. The molecule has 8 heteroatoms. The van der Waals surface area contributed by atoms with Gasteiger partial charge < -0.3 is 19.7 Å². The van der Waals surface area contributed by atoms with Gasteiger partial charge in [-0.2, -0.15) is 0 Å². The average molecular weight is 325 g/mol. The van der Waals surface area contributed by atoms with Gasteiger partial charge in [-0.1, -0.05) is 6.07 Å². The second-order valence-electron chi connectivity index (χ2n) is 6.00. The molecule has 1 atom stereocenters. The molecule has 0 radical (unpaired) electrons. The number of piperidine rings is 1. The molecular weight excluding hydrogens is 305 g/mol. The normalized spacial score (nSPS) is 26.0. The molecular formula is C14H20BNO5S. The standard InChI is InChI=1S/C14H20BNO5S/c1-14(22(2,18)19)12-4-3-11(9-13(12)15(17)21-14)20-10-5-7-16-8-6-10/h3-4,9-10,16-17H,5-8H2,1-2H3. The third kappa shape index (κ3) is 2.64. The molecule has 0 spiro atoms. The molecule has 0 saturated carbocycles. The quantitative estimate of drug-likeness (QED) is 0.746. The van der Waals surface area contributed by atoms with Crippen LogP contribution in [-0.2, 0) is 19.4 Å². The Hall–Kier alpha value is -1.09. The van der Waals surface area contributed by atoms with Crippen LogP contribution in [0.25, 0.3) is 0 Å². The average Bonchev–Trinajstić information content (AvgIpc) is 2.72. The van der Waals surface area contributed by atoms with Crippen LogP contribution < -0.4 is 15.5 Å². The molecule has 2 aliphatic rings. The second-order valence-corrected chi connectivity index (χ2v) is 8.33. The summed E-state index contributed by atoms with van der Waals surface area (Å²) in [5.41, 5.74) is 0.930. The summed E-state index contributed by atoms with van der Waals surface area (Å²) in [7, 11) is -4.78. The van der Waals surface area contributed by atoms with Crippen LogP contribution >= 0.6 is 0 Å². The Balaban J connectivity index is 1.89. The summed E-state index contributed by atoms with van der Waals surface area (Å²) in [6.07, 6.45) is 3.10. The number of hydrogen-bond acceptors (Lipinski definition) is 6. The van der Waals surface area contributed by atoms with Crippen LogP contribution in [0, 0.1) is 0 Å². The third-order valence-electron chi connectivity index (χ3n) is 4.41. The molecule has 1 aromatic carbocycles. The summed E-state index contributed by atoms with van der Waals surface area (Å²) in [6.45, 7) is 3.31. The zero-order chi connectivity index (χ0) is 16.0. The van der Waals surface area contributed by atoms with Crippen molar-refractivity contribution in [3.8, 4) is 5.75 Å². The summed E-state index contributed by atoms with van der Waals surface area (Å²) in [5.74, 6) is 0.631. The number of rotatable bonds is 3. The van der Waals surface area contributed by atoms with Gasteiger partial charge in [-0.3, -0.25) is 0 Å².